The zero-order valence-electron chi connectivity index (χ0n) is 11.7. The van der Waals surface area contributed by atoms with E-state index in [-0.39, 0.29) is 11.9 Å². The summed E-state index contributed by atoms with van der Waals surface area (Å²) < 4.78 is 37.3. The van der Waals surface area contributed by atoms with Gasteiger partial charge in [0.15, 0.2) is 5.82 Å². The van der Waals surface area contributed by atoms with Crippen LogP contribution in [0.15, 0.2) is 4.52 Å². The van der Waals surface area contributed by atoms with Gasteiger partial charge in [-0.1, -0.05) is 5.16 Å². The molecule has 3 rings (SSSR count). The van der Waals surface area contributed by atoms with Gasteiger partial charge in [0.05, 0.1) is 18.5 Å². The second-order valence-electron chi connectivity index (χ2n) is 5.53. The molecule has 0 unspecified atom stereocenters. The highest BCUT2D eigenvalue weighted by atomic mass is 32.2. The van der Waals surface area contributed by atoms with Crippen LogP contribution in [0.3, 0.4) is 0 Å². The van der Waals surface area contributed by atoms with Crippen LogP contribution in [0.25, 0.3) is 0 Å². The first kappa shape index (κ1) is 14.0. The van der Waals surface area contributed by atoms with Gasteiger partial charge in [0.1, 0.15) is 6.04 Å². The third kappa shape index (κ3) is 2.72. The molecular formula is C12H19N3O4S. The molecule has 1 aliphatic carbocycles. The highest BCUT2D eigenvalue weighted by Crippen LogP contribution is 2.35. The van der Waals surface area contributed by atoms with Crippen molar-refractivity contribution in [3.8, 4) is 0 Å². The fraction of sp³-hybridized carbons (Fsp3) is 0.833. The lowest BCUT2D eigenvalue weighted by atomic mass is 10.1. The number of morpholine rings is 1. The Kier molecular flexibility index (Phi) is 3.55. The summed E-state index contributed by atoms with van der Waals surface area (Å²) in [5.41, 5.74) is 0. The van der Waals surface area contributed by atoms with Crippen molar-refractivity contribution in [1.29, 1.82) is 0 Å². The Bertz CT molecular complexity index is 581. The van der Waals surface area contributed by atoms with Crippen LogP contribution in [0.5, 0.6) is 0 Å². The van der Waals surface area contributed by atoms with Crippen molar-refractivity contribution in [2.75, 3.05) is 18.9 Å². The van der Waals surface area contributed by atoms with Crippen molar-refractivity contribution in [2.45, 2.75) is 38.8 Å². The summed E-state index contributed by atoms with van der Waals surface area (Å²) in [5.74, 6) is 1.33. The van der Waals surface area contributed by atoms with Gasteiger partial charge in [0.25, 0.3) is 0 Å². The summed E-state index contributed by atoms with van der Waals surface area (Å²) in [6.07, 6.45) is 1.71. The summed E-state index contributed by atoms with van der Waals surface area (Å²) in [5, 5.41) is 3.75. The number of aromatic nitrogens is 2. The van der Waals surface area contributed by atoms with Crippen LogP contribution >= 0.6 is 0 Å². The highest BCUT2D eigenvalue weighted by molar-refractivity contribution is 7.89. The SMILES string of the molecule is Cc1noc([C@@H]2[C@@H](C)OCCN2S(=O)(=O)CC2CC2)n1. The molecule has 1 aromatic rings. The molecule has 2 fully saturated rings. The summed E-state index contributed by atoms with van der Waals surface area (Å²) >= 11 is 0. The lowest BCUT2D eigenvalue weighted by Crippen LogP contribution is -2.48. The Morgan fingerprint density at radius 3 is 2.75 bits per heavy atom. The first-order valence-electron chi connectivity index (χ1n) is 6.89. The van der Waals surface area contributed by atoms with Gasteiger partial charge in [0, 0.05) is 6.54 Å². The van der Waals surface area contributed by atoms with Gasteiger partial charge in [-0.2, -0.15) is 9.29 Å². The molecule has 0 amide bonds. The van der Waals surface area contributed by atoms with Crippen LogP contribution in [0.4, 0.5) is 0 Å². The van der Waals surface area contributed by atoms with Crippen molar-refractivity contribution < 1.29 is 17.7 Å². The number of nitrogens with zero attached hydrogens (tertiary/aromatic N) is 3. The number of rotatable bonds is 4. The molecule has 2 heterocycles. The van der Waals surface area contributed by atoms with E-state index in [2.05, 4.69) is 10.1 Å². The van der Waals surface area contributed by atoms with Gasteiger partial charge in [0.2, 0.25) is 15.9 Å². The third-order valence-electron chi connectivity index (χ3n) is 3.74. The second-order valence-corrected chi connectivity index (χ2v) is 7.50. The lowest BCUT2D eigenvalue weighted by Gasteiger charge is -2.36. The quantitative estimate of drug-likeness (QED) is 0.820. The molecule has 0 radical (unpaired) electrons. The summed E-state index contributed by atoms with van der Waals surface area (Å²) in [7, 11) is -3.32. The molecule has 112 valence electrons. The molecular weight excluding hydrogens is 282 g/mol. The average Bonchev–Trinajstić information content (AvgIpc) is 3.07. The predicted octanol–water partition coefficient (Wildman–Crippen LogP) is 0.880. The molecule has 20 heavy (non-hydrogen) atoms. The fourth-order valence-corrected chi connectivity index (χ4v) is 4.62. The standard InChI is InChI=1S/C12H19N3O4S/c1-8-11(12-13-9(2)14-19-12)15(5-6-18-8)20(16,17)7-10-3-4-10/h8,10-11H,3-7H2,1-2H3/t8-,11+/m1/s1. The van der Waals surface area contributed by atoms with Gasteiger partial charge in [-0.15, -0.1) is 0 Å². The van der Waals surface area contributed by atoms with Gasteiger partial charge in [-0.3, -0.25) is 0 Å². The predicted molar refractivity (Wildman–Crippen MR) is 70.4 cm³/mol. The second kappa shape index (κ2) is 5.09. The van der Waals surface area contributed by atoms with Crippen molar-refractivity contribution >= 4 is 10.0 Å². The van der Waals surface area contributed by atoms with Crippen LogP contribution < -0.4 is 0 Å². The van der Waals surface area contributed by atoms with Gasteiger partial charge in [-0.25, -0.2) is 8.42 Å². The number of aryl methyl sites for hydroxylation is 1. The Morgan fingerprint density at radius 2 is 2.15 bits per heavy atom. The minimum atomic E-state index is -3.32. The first-order valence-corrected chi connectivity index (χ1v) is 8.49. The maximum atomic E-state index is 12.6. The van der Waals surface area contributed by atoms with Crippen LogP contribution in [-0.2, 0) is 14.8 Å². The van der Waals surface area contributed by atoms with Crippen LogP contribution in [0, 0.1) is 12.8 Å². The molecule has 2 atom stereocenters. The molecule has 2 aliphatic rings. The number of hydrogen-bond donors (Lipinski definition) is 0. The Hall–Kier alpha value is -0.990. The average molecular weight is 301 g/mol. The Morgan fingerprint density at radius 1 is 1.40 bits per heavy atom. The van der Waals surface area contributed by atoms with Crippen LogP contribution in [0.1, 0.15) is 37.5 Å². The first-order chi connectivity index (χ1) is 9.47. The van der Waals surface area contributed by atoms with Gasteiger partial charge < -0.3 is 9.26 Å². The molecule has 1 aliphatic heterocycles. The maximum absolute atomic E-state index is 12.6. The minimum absolute atomic E-state index is 0.212. The summed E-state index contributed by atoms with van der Waals surface area (Å²) in [6, 6.07) is -0.520. The Balaban J connectivity index is 1.89. The highest BCUT2D eigenvalue weighted by Gasteiger charge is 2.43. The summed E-state index contributed by atoms with van der Waals surface area (Å²) in [4.78, 5) is 4.18. The van der Waals surface area contributed by atoms with E-state index in [9.17, 15) is 8.42 Å². The van der Waals surface area contributed by atoms with E-state index < -0.39 is 16.1 Å². The van der Waals surface area contributed by atoms with E-state index in [1.165, 1.54) is 4.31 Å². The van der Waals surface area contributed by atoms with Crippen LogP contribution in [0.2, 0.25) is 0 Å². The van der Waals surface area contributed by atoms with Crippen molar-refractivity contribution in [1.82, 2.24) is 14.4 Å². The van der Waals surface area contributed by atoms with E-state index >= 15 is 0 Å². The normalized spacial score (nSPS) is 28.7. The molecule has 0 bridgehead atoms. The lowest BCUT2D eigenvalue weighted by molar-refractivity contribution is -0.0401. The number of hydrogen-bond acceptors (Lipinski definition) is 6. The molecule has 0 spiro atoms. The summed E-state index contributed by atoms with van der Waals surface area (Å²) in [6.45, 7) is 4.29. The van der Waals surface area contributed by atoms with E-state index in [0.717, 1.165) is 12.8 Å². The van der Waals surface area contributed by atoms with Gasteiger partial charge in [-0.05, 0) is 32.6 Å². The molecule has 1 saturated carbocycles. The fourth-order valence-electron chi connectivity index (χ4n) is 2.54. The third-order valence-corrected chi connectivity index (χ3v) is 5.76. The number of ether oxygens (including phenoxy) is 1. The molecule has 1 saturated heterocycles. The molecule has 0 aromatic carbocycles. The monoisotopic (exact) mass is 301 g/mol. The van der Waals surface area contributed by atoms with Gasteiger partial charge >= 0.3 is 0 Å². The van der Waals surface area contributed by atoms with E-state index in [1.54, 1.807) is 6.92 Å². The van der Waals surface area contributed by atoms with Crippen molar-refractivity contribution in [3.63, 3.8) is 0 Å². The van der Waals surface area contributed by atoms with E-state index in [4.69, 9.17) is 9.26 Å². The smallest absolute Gasteiger partial charge is 0.247 e. The Labute approximate surface area is 118 Å². The molecule has 1 aromatic heterocycles. The zero-order chi connectivity index (χ0) is 14.3. The zero-order valence-corrected chi connectivity index (χ0v) is 12.5. The molecule has 0 N–H and O–H groups in total. The van der Waals surface area contributed by atoms with Crippen molar-refractivity contribution in [3.05, 3.63) is 11.7 Å². The van der Waals surface area contributed by atoms with Crippen LogP contribution in [-0.4, -0.2) is 47.9 Å². The number of sulfonamides is 1. The largest absolute Gasteiger partial charge is 0.375 e. The topological polar surface area (TPSA) is 85.5 Å². The maximum Gasteiger partial charge on any atom is 0.247 e. The van der Waals surface area contributed by atoms with E-state index in [1.807, 2.05) is 6.92 Å². The molecule has 7 nitrogen and oxygen atoms in total. The van der Waals surface area contributed by atoms with E-state index in [0.29, 0.717) is 30.8 Å². The molecule has 8 heteroatoms. The minimum Gasteiger partial charge on any atom is -0.375 e. The van der Waals surface area contributed by atoms with Crippen molar-refractivity contribution in [2.24, 2.45) is 5.92 Å².